The van der Waals surface area contributed by atoms with Gasteiger partial charge in [0.2, 0.25) is 0 Å². The zero-order valence-electron chi connectivity index (χ0n) is 9.57. The minimum Gasteiger partial charge on any atom is -0.351 e. The van der Waals surface area contributed by atoms with Crippen molar-refractivity contribution in [3.63, 3.8) is 0 Å². The maximum absolute atomic E-state index is 11.7. The van der Waals surface area contributed by atoms with E-state index in [9.17, 15) is 14.9 Å². The van der Waals surface area contributed by atoms with Crippen molar-refractivity contribution in [1.82, 2.24) is 5.32 Å². The molecule has 1 rings (SSSR count). The summed E-state index contributed by atoms with van der Waals surface area (Å²) in [6.45, 7) is 4.11. The molecule has 0 heterocycles. The number of nitrogens with one attached hydrogen (secondary N) is 1. The lowest BCUT2D eigenvalue weighted by molar-refractivity contribution is -0.384. The first-order valence-corrected chi connectivity index (χ1v) is 6.00. The first-order chi connectivity index (χ1) is 7.91. The largest absolute Gasteiger partial charge is 0.351 e. The molecule has 0 saturated heterocycles. The highest BCUT2D eigenvalue weighted by atomic mass is 79.9. The lowest BCUT2D eigenvalue weighted by Gasteiger charge is -2.08. The first kappa shape index (κ1) is 13.6. The third-order valence-corrected chi connectivity index (χ3v) is 2.53. The Bertz CT molecular complexity index is 446. The highest BCUT2D eigenvalue weighted by Gasteiger charge is 2.13. The van der Waals surface area contributed by atoms with Crippen LogP contribution in [0.25, 0.3) is 0 Å². The molecule has 0 radical (unpaired) electrons. The molecule has 92 valence electrons. The second-order valence-corrected chi connectivity index (χ2v) is 5.31. The average Bonchev–Trinajstić information content (AvgIpc) is 2.25. The molecule has 1 unspecified atom stereocenters. The Labute approximate surface area is 107 Å². The number of nitro benzene ring substituents is 1. The number of rotatable bonds is 4. The Morgan fingerprint density at radius 1 is 1.59 bits per heavy atom. The summed E-state index contributed by atoms with van der Waals surface area (Å²) in [7, 11) is 0. The minimum atomic E-state index is -0.477. The van der Waals surface area contributed by atoms with E-state index in [0.29, 0.717) is 17.7 Å². The maximum Gasteiger partial charge on any atom is 0.269 e. The average molecular weight is 301 g/mol. The van der Waals surface area contributed by atoms with Crippen molar-refractivity contribution in [2.75, 3.05) is 6.54 Å². The van der Waals surface area contributed by atoms with Crippen molar-refractivity contribution in [2.45, 2.75) is 18.7 Å². The number of hydrogen-bond acceptors (Lipinski definition) is 3. The number of nitrogens with zero attached hydrogens (tertiary/aromatic N) is 1. The Balaban J connectivity index is 2.85. The van der Waals surface area contributed by atoms with Gasteiger partial charge in [-0.2, -0.15) is 0 Å². The van der Waals surface area contributed by atoms with Crippen LogP contribution < -0.4 is 5.32 Å². The van der Waals surface area contributed by atoms with Gasteiger partial charge in [-0.05, 0) is 18.6 Å². The molecule has 0 aliphatic carbocycles. The second kappa shape index (κ2) is 5.77. The van der Waals surface area contributed by atoms with Crippen LogP contribution in [-0.2, 0) is 0 Å². The molecule has 17 heavy (non-hydrogen) atoms. The van der Waals surface area contributed by atoms with Crippen molar-refractivity contribution in [3.05, 3.63) is 39.4 Å². The van der Waals surface area contributed by atoms with E-state index in [-0.39, 0.29) is 16.4 Å². The van der Waals surface area contributed by atoms with Crippen molar-refractivity contribution in [1.29, 1.82) is 0 Å². The summed E-state index contributed by atoms with van der Waals surface area (Å²) in [5, 5.41) is 13.3. The van der Waals surface area contributed by atoms with Gasteiger partial charge in [-0.25, -0.2) is 0 Å². The number of carbonyl (C=O) groups excluding carboxylic acids is 1. The molecule has 0 bridgehead atoms. The summed E-state index contributed by atoms with van der Waals surface area (Å²) in [6.07, 6.45) is 0. The molecule has 1 N–H and O–H groups in total. The molecule has 1 aromatic carbocycles. The van der Waals surface area contributed by atoms with E-state index in [4.69, 9.17) is 0 Å². The lowest BCUT2D eigenvalue weighted by atomic mass is 10.1. The third-order valence-electron chi connectivity index (χ3n) is 2.21. The zero-order valence-corrected chi connectivity index (χ0v) is 11.2. The molecule has 0 spiro atoms. The predicted octanol–water partition coefficient (Wildman–Crippen LogP) is 2.42. The topological polar surface area (TPSA) is 72.2 Å². The number of halogens is 1. The first-order valence-electron chi connectivity index (χ1n) is 5.09. The highest BCUT2D eigenvalue weighted by molar-refractivity contribution is 9.09. The van der Waals surface area contributed by atoms with Gasteiger partial charge in [0.25, 0.3) is 11.6 Å². The number of benzene rings is 1. The van der Waals surface area contributed by atoms with E-state index in [2.05, 4.69) is 21.2 Å². The van der Waals surface area contributed by atoms with E-state index >= 15 is 0 Å². The maximum atomic E-state index is 11.7. The number of carbonyl (C=O) groups is 1. The number of hydrogen-bond donors (Lipinski definition) is 1. The summed E-state index contributed by atoms with van der Waals surface area (Å²) in [5.74, 6) is -0.219. The molecule has 0 aliphatic rings. The van der Waals surface area contributed by atoms with Gasteiger partial charge in [-0.15, -0.1) is 0 Å². The van der Waals surface area contributed by atoms with Crippen LogP contribution in [0.4, 0.5) is 5.69 Å². The number of amides is 1. The summed E-state index contributed by atoms with van der Waals surface area (Å²) in [5.41, 5.74) is 1.05. The van der Waals surface area contributed by atoms with Crippen LogP contribution in [0, 0.1) is 17.0 Å². The lowest BCUT2D eigenvalue weighted by Crippen LogP contribution is -2.28. The number of nitro groups is 1. The molecule has 0 aromatic heterocycles. The summed E-state index contributed by atoms with van der Waals surface area (Å²) < 4.78 is 0. The van der Waals surface area contributed by atoms with Gasteiger partial charge in [0, 0.05) is 29.1 Å². The molecule has 1 atom stereocenters. The molecule has 0 aliphatic heterocycles. The van der Waals surface area contributed by atoms with E-state index < -0.39 is 4.92 Å². The number of alkyl halides is 1. The van der Waals surface area contributed by atoms with E-state index in [0.717, 1.165) is 0 Å². The predicted molar refractivity (Wildman–Crippen MR) is 68.6 cm³/mol. The van der Waals surface area contributed by atoms with Crippen LogP contribution in [0.3, 0.4) is 0 Å². The SMILES string of the molecule is Cc1cc([N+](=O)[O-])ccc1C(=O)NCC(C)Br. The third kappa shape index (κ3) is 3.81. The van der Waals surface area contributed by atoms with Gasteiger partial charge in [-0.1, -0.05) is 22.9 Å². The highest BCUT2D eigenvalue weighted by Crippen LogP contribution is 2.17. The normalized spacial score (nSPS) is 11.9. The van der Waals surface area contributed by atoms with Gasteiger partial charge < -0.3 is 5.32 Å². The molecule has 0 fully saturated rings. The smallest absolute Gasteiger partial charge is 0.269 e. The molecular formula is C11H13BrN2O3. The van der Waals surface area contributed by atoms with Gasteiger partial charge in [0.05, 0.1) is 4.92 Å². The van der Waals surface area contributed by atoms with Crippen LogP contribution >= 0.6 is 15.9 Å². The van der Waals surface area contributed by atoms with Crippen LogP contribution in [-0.4, -0.2) is 22.2 Å². The fourth-order valence-electron chi connectivity index (χ4n) is 1.34. The quantitative estimate of drug-likeness (QED) is 0.527. The van der Waals surface area contributed by atoms with Crippen LogP contribution in [0.2, 0.25) is 0 Å². The van der Waals surface area contributed by atoms with Gasteiger partial charge in [-0.3, -0.25) is 14.9 Å². The standard InChI is InChI=1S/C11H13BrN2O3/c1-7-5-9(14(16)17)3-4-10(7)11(15)13-6-8(2)12/h3-5,8H,6H2,1-2H3,(H,13,15). The summed E-state index contributed by atoms with van der Waals surface area (Å²) in [4.78, 5) is 22.0. The minimum absolute atomic E-state index is 0.00657. The van der Waals surface area contributed by atoms with Crippen LogP contribution in [0.5, 0.6) is 0 Å². The number of non-ortho nitro benzene ring substituents is 1. The fraction of sp³-hybridized carbons (Fsp3) is 0.364. The van der Waals surface area contributed by atoms with Crippen LogP contribution in [0.15, 0.2) is 18.2 Å². The van der Waals surface area contributed by atoms with Crippen molar-refractivity contribution in [3.8, 4) is 0 Å². The molecule has 0 saturated carbocycles. The monoisotopic (exact) mass is 300 g/mol. The van der Waals surface area contributed by atoms with E-state index in [1.165, 1.54) is 18.2 Å². The molecule has 6 heteroatoms. The van der Waals surface area contributed by atoms with Crippen molar-refractivity contribution in [2.24, 2.45) is 0 Å². The zero-order chi connectivity index (χ0) is 13.0. The second-order valence-electron chi connectivity index (χ2n) is 3.75. The van der Waals surface area contributed by atoms with Crippen molar-refractivity contribution >= 4 is 27.5 Å². The molecule has 5 nitrogen and oxygen atoms in total. The van der Waals surface area contributed by atoms with E-state index in [1.807, 2.05) is 6.92 Å². The summed E-state index contributed by atoms with van der Waals surface area (Å²) in [6, 6.07) is 4.20. The summed E-state index contributed by atoms with van der Waals surface area (Å²) >= 11 is 3.32. The fourth-order valence-corrected chi connectivity index (χ4v) is 1.51. The Morgan fingerprint density at radius 3 is 2.71 bits per heavy atom. The molecule has 1 aromatic rings. The molecular weight excluding hydrogens is 288 g/mol. The van der Waals surface area contributed by atoms with Gasteiger partial charge in [0.1, 0.15) is 0 Å². The van der Waals surface area contributed by atoms with E-state index in [1.54, 1.807) is 6.92 Å². The van der Waals surface area contributed by atoms with Gasteiger partial charge in [0.15, 0.2) is 0 Å². The van der Waals surface area contributed by atoms with Crippen molar-refractivity contribution < 1.29 is 9.72 Å². The van der Waals surface area contributed by atoms with Gasteiger partial charge >= 0.3 is 0 Å². The Hall–Kier alpha value is -1.43. The molecule has 1 amide bonds. The Kier molecular flexibility index (Phi) is 4.62. The number of aryl methyl sites for hydroxylation is 1. The van der Waals surface area contributed by atoms with Crippen LogP contribution in [0.1, 0.15) is 22.8 Å². The Morgan fingerprint density at radius 2 is 2.24 bits per heavy atom.